The summed E-state index contributed by atoms with van der Waals surface area (Å²) in [7, 11) is 1.42. The maximum absolute atomic E-state index is 13.9. The molecule has 4 atom stereocenters. The summed E-state index contributed by atoms with van der Waals surface area (Å²) in [5.41, 5.74) is 1.30. The van der Waals surface area contributed by atoms with Crippen LogP contribution in [0.25, 0.3) is 0 Å². The van der Waals surface area contributed by atoms with Gasteiger partial charge in [0.2, 0.25) is 5.91 Å². The van der Waals surface area contributed by atoms with Crippen molar-refractivity contribution in [2.45, 2.75) is 50.0 Å². The standard InChI is InChI=1S/C30H34FIN2O8/c1-40-26-14-19(17-36)13-22(32)28(26)42-25-16-20(29(38)33-8-10-35)15-23(27(25)37)34(30(39)24-6-3-11-41-24)9-7-18-4-2-5-21(31)12-18/h2,4-5,12-14,16-17,23-25,27,35,37H,3,6-11,15H2,1H3,(H,33,38). The first-order valence-corrected chi connectivity index (χ1v) is 14.8. The highest BCUT2D eigenvalue weighted by Crippen LogP contribution is 2.37. The molecular formula is C30H34FIN2O8. The summed E-state index contributed by atoms with van der Waals surface area (Å²) in [6.07, 6.45) is 0.680. The van der Waals surface area contributed by atoms with Gasteiger partial charge >= 0.3 is 0 Å². The molecule has 2 aromatic carbocycles. The van der Waals surface area contributed by atoms with Gasteiger partial charge in [-0.05, 0) is 77.8 Å². The molecule has 1 aliphatic carbocycles. The second-order valence-electron chi connectivity index (χ2n) is 10.1. The van der Waals surface area contributed by atoms with E-state index in [1.54, 1.807) is 18.2 Å². The number of rotatable bonds is 12. The first-order valence-electron chi connectivity index (χ1n) is 13.7. The Kier molecular flexibility index (Phi) is 11.3. The molecule has 10 nitrogen and oxygen atoms in total. The molecule has 0 spiro atoms. The number of hydrogen-bond acceptors (Lipinski definition) is 8. The van der Waals surface area contributed by atoms with Crippen molar-refractivity contribution in [1.29, 1.82) is 0 Å². The van der Waals surface area contributed by atoms with E-state index in [2.05, 4.69) is 5.32 Å². The van der Waals surface area contributed by atoms with E-state index in [0.29, 0.717) is 40.4 Å². The first-order chi connectivity index (χ1) is 20.2. The summed E-state index contributed by atoms with van der Waals surface area (Å²) < 4.78 is 31.8. The van der Waals surface area contributed by atoms with Crippen LogP contribution in [0.3, 0.4) is 0 Å². The quantitative estimate of drug-likeness (QED) is 0.228. The van der Waals surface area contributed by atoms with Gasteiger partial charge in [0.15, 0.2) is 11.5 Å². The molecule has 0 aromatic heterocycles. The molecule has 2 amide bonds. The molecule has 3 N–H and O–H groups in total. The molecule has 2 aliphatic rings. The van der Waals surface area contributed by atoms with E-state index in [4.69, 9.17) is 14.2 Å². The molecule has 4 unspecified atom stereocenters. The van der Waals surface area contributed by atoms with Crippen molar-refractivity contribution in [3.8, 4) is 11.5 Å². The minimum Gasteiger partial charge on any atom is -0.493 e. The van der Waals surface area contributed by atoms with E-state index in [0.717, 1.165) is 6.42 Å². The topological polar surface area (TPSA) is 135 Å². The number of amides is 2. The van der Waals surface area contributed by atoms with Crippen molar-refractivity contribution in [2.24, 2.45) is 0 Å². The van der Waals surface area contributed by atoms with Gasteiger partial charge in [0, 0.05) is 37.3 Å². The van der Waals surface area contributed by atoms with Gasteiger partial charge in [0.1, 0.15) is 30.4 Å². The van der Waals surface area contributed by atoms with Gasteiger partial charge in [-0.2, -0.15) is 0 Å². The zero-order chi connectivity index (χ0) is 30.2. The number of ether oxygens (including phenoxy) is 3. The summed E-state index contributed by atoms with van der Waals surface area (Å²) in [4.78, 5) is 39.8. The van der Waals surface area contributed by atoms with Crippen molar-refractivity contribution in [2.75, 3.05) is 33.4 Å². The summed E-state index contributed by atoms with van der Waals surface area (Å²) in [6.45, 7) is 0.334. The monoisotopic (exact) mass is 696 g/mol. The number of nitrogens with zero attached hydrogens (tertiary/aromatic N) is 1. The Labute approximate surface area is 257 Å². The van der Waals surface area contributed by atoms with Crippen LogP contribution in [0.15, 0.2) is 48.0 Å². The average molecular weight is 697 g/mol. The lowest BCUT2D eigenvalue weighted by Crippen LogP contribution is -2.57. The summed E-state index contributed by atoms with van der Waals surface area (Å²) in [5.74, 6) is -0.674. The maximum atomic E-state index is 13.9. The average Bonchev–Trinajstić information content (AvgIpc) is 3.53. The highest BCUT2D eigenvalue weighted by Gasteiger charge is 2.42. The van der Waals surface area contributed by atoms with Gasteiger partial charge in [-0.1, -0.05) is 12.1 Å². The number of carbonyl (C=O) groups excluding carboxylic acids is 3. The Hall–Kier alpha value is -3.07. The largest absolute Gasteiger partial charge is 0.493 e. The number of aliphatic hydroxyl groups excluding tert-OH is 2. The van der Waals surface area contributed by atoms with Crippen LogP contribution in [0.5, 0.6) is 11.5 Å². The van der Waals surface area contributed by atoms with Crippen LogP contribution in [0.1, 0.15) is 35.2 Å². The van der Waals surface area contributed by atoms with Gasteiger partial charge in [-0.25, -0.2) is 4.39 Å². The Morgan fingerprint density at radius 3 is 2.76 bits per heavy atom. The van der Waals surface area contributed by atoms with Crippen LogP contribution < -0.4 is 14.8 Å². The normalized spacial score (nSPS) is 21.8. The van der Waals surface area contributed by atoms with E-state index in [9.17, 15) is 29.0 Å². The number of aldehydes is 1. The molecule has 1 saturated heterocycles. The van der Waals surface area contributed by atoms with Crippen LogP contribution in [0.4, 0.5) is 4.39 Å². The van der Waals surface area contributed by atoms with Gasteiger partial charge in [-0.3, -0.25) is 14.4 Å². The fraction of sp³-hybridized carbons (Fsp3) is 0.433. The van der Waals surface area contributed by atoms with E-state index in [1.807, 2.05) is 22.6 Å². The lowest BCUT2D eigenvalue weighted by Gasteiger charge is -2.41. The molecule has 12 heteroatoms. The number of methoxy groups -OCH3 is 1. The molecule has 226 valence electrons. The number of benzene rings is 2. The third-order valence-electron chi connectivity index (χ3n) is 7.28. The molecule has 1 heterocycles. The fourth-order valence-corrected chi connectivity index (χ4v) is 5.93. The summed E-state index contributed by atoms with van der Waals surface area (Å²) >= 11 is 1.99. The van der Waals surface area contributed by atoms with Crippen LogP contribution in [-0.4, -0.2) is 91.0 Å². The molecule has 0 bridgehead atoms. The highest BCUT2D eigenvalue weighted by molar-refractivity contribution is 14.1. The van der Waals surface area contributed by atoms with Gasteiger partial charge in [-0.15, -0.1) is 0 Å². The third kappa shape index (κ3) is 7.65. The van der Waals surface area contributed by atoms with Gasteiger partial charge < -0.3 is 34.6 Å². The zero-order valence-electron chi connectivity index (χ0n) is 23.1. The minimum absolute atomic E-state index is 0.0121. The van der Waals surface area contributed by atoms with Crippen molar-refractivity contribution >= 4 is 40.7 Å². The van der Waals surface area contributed by atoms with Gasteiger partial charge in [0.05, 0.1) is 23.3 Å². The molecule has 1 fully saturated rings. The zero-order valence-corrected chi connectivity index (χ0v) is 25.3. The van der Waals surface area contributed by atoms with Crippen LogP contribution in [-0.2, 0) is 20.7 Å². The van der Waals surface area contributed by atoms with Crippen LogP contribution in [0, 0.1) is 9.39 Å². The predicted octanol–water partition coefficient (Wildman–Crippen LogP) is 2.42. The smallest absolute Gasteiger partial charge is 0.252 e. The molecular weight excluding hydrogens is 662 g/mol. The lowest BCUT2D eigenvalue weighted by atomic mass is 9.87. The van der Waals surface area contributed by atoms with Crippen molar-refractivity contribution in [3.63, 3.8) is 0 Å². The molecule has 0 radical (unpaired) electrons. The Morgan fingerprint density at radius 1 is 1.29 bits per heavy atom. The number of hydrogen-bond donors (Lipinski definition) is 3. The van der Waals surface area contributed by atoms with Crippen molar-refractivity contribution in [1.82, 2.24) is 10.2 Å². The first kappa shape index (κ1) is 31.9. The van der Waals surface area contributed by atoms with Crippen LogP contribution >= 0.6 is 22.6 Å². The summed E-state index contributed by atoms with van der Waals surface area (Å²) in [5, 5.41) is 23.6. The lowest BCUT2D eigenvalue weighted by molar-refractivity contribution is -0.148. The van der Waals surface area contributed by atoms with E-state index in [1.165, 1.54) is 36.3 Å². The second-order valence-corrected chi connectivity index (χ2v) is 11.2. The molecule has 2 aromatic rings. The number of carbonyl (C=O) groups is 3. The molecule has 1 aliphatic heterocycles. The number of aliphatic hydroxyl groups is 2. The maximum Gasteiger partial charge on any atom is 0.252 e. The highest BCUT2D eigenvalue weighted by atomic mass is 127. The van der Waals surface area contributed by atoms with Gasteiger partial charge in [0.25, 0.3) is 5.91 Å². The number of nitrogens with one attached hydrogen (secondary N) is 1. The Balaban J connectivity index is 1.70. The molecule has 0 saturated carbocycles. The number of halogens is 2. The SMILES string of the molecule is COc1cc(C=O)cc(I)c1OC1C=C(C(=O)NCCO)CC(N(CCc2cccc(F)c2)C(=O)C2CCCO2)C1O. The van der Waals surface area contributed by atoms with Crippen molar-refractivity contribution in [3.05, 3.63) is 68.6 Å². The van der Waals surface area contributed by atoms with E-state index in [-0.39, 0.29) is 49.1 Å². The third-order valence-corrected chi connectivity index (χ3v) is 8.08. The molecule has 4 rings (SSSR count). The minimum atomic E-state index is -1.27. The molecule has 42 heavy (non-hydrogen) atoms. The Bertz CT molecular complexity index is 1320. The fourth-order valence-electron chi connectivity index (χ4n) is 5.18. The van der Waals surface area contributed by atoms with E-state index < -0.39 is 36.1 Å². The second kappa shape index (κ2) is 14.9. The Morgan fingerprint density at radius 2 is 2.10 bits per heavy atom. The predicted molar refractivity (Wildman–Crippen MR) is 159 cm³/mol. The summed E-state index contributed by atoms with van der Waals surface area (Å²) in [6, 6.07) is 8.29. The van der Waals surface area contributed by atoms with Crippen LogP contribution in [0.2, 0.25) is 0 Å². The van der Waals surface area contributed by atoms with Crippen molar-refractivity contribution < 1.29 is 43.2 Å². The van der Waals surface area contributed by atoms with E-state index >= 15 is 0 Å².